The summed E-state index contributed by atoms with van der Waals surface area (Å²) in [6.07, 6.45) is 6.24. The molecule has 5 nitrogen and oxygen atoms in total. The second-order valence-electron chi connectivity index (χ2n) is 5.31. The first-order valence-corrected chi connectivity index (χ1v) is 8.67. The summed E-state index contributed by atoms with van der Waals surface area (Å²) in [5, 5.41) is 9.35. The van der Waals surface area contributed by atoms with E-state index in [9.17, 15) is 14.7 Å². The predicted molar refractivity (Wildman–Crippen MR) is 82.2 cm³/mol. The molecule has 2 amide bonds. The van der Waals surface area contributed by atoms with E-state index >= 15 is 0 Å². The highest BCUT2D eigenvalue weighted by atomic mass is 32.2. The smallest absolute Gasteiger partial charge is 0.326 e. The van der Waals surface area contributed by atoms with Gasteiger partial charge in [0, 0.05) is 25.4 Å². The molecule has 0 aliphatic carbocycles. The minimum Gasteiger partial charge on any atom is -0.480 e. The van der Waals surface area contributed by atoms with Crippen molar-refractivity contribution in [3.8, 4) is 0 Å². The number of rotatable bonds is 5. The van der Waals surface area contributed by atoms with E-state index in [1.165, 1.54) is 0 Å². The Labute approximate surface area is 125 Å². The minimum absolute atomic E-state index is 0.139. The lowest BCUT2D eigenvalue weighted by Crippen LogP contribution is -2.52. The van der Waals surface area contributed by atoms with Gasteiger partial charge in [-0.1, -0.05) is 19.8 Å². The van der Waals surface area contributed by atoms with E-state index < -0.39 is 12.0 Å². The number of amides is 2. The van der Waals surface area contributed by atoms with Gasteiger partial charge in [0.2, 0.25) is 0 Å². The quantitative estimate of drug-likeness (QED) is 0.847. The highest BCUT2D eigenvalue weighted by Crippen LogP contribution is 2.20. The van der Waals surface area contributed by atoms with Crippen LogP contribution in [0.1, 0.15) is 39.0 Å². The number of likely N-dealkylation sites (tertiary alicyclic amines) is 1. The van der Waals surface area contributed by atoms with Crippen LogP contribution in [0.4, 0.5) is 4.79 Å². The molecule has 0 saturated carbocycles. The summed E-state index contributed by atoms with van der Waals surface area (Å²) in [5.41, 5.74) is 0. The second-order valence-corrected chi connectivity index (χ2v) is 6.22. The van der Waals surface area contributed by atoms with Gasteiger partial charge in [-0.2, -0.15) is 11.8 Å². The molecule has 1 saturated heterocycles. The largest absolute Gasteiger partial charge is 0.480 e. The van der Waals surface area contributed by atoms with Crippen molar-refractivity contribution in [2.24, 2.45) is 0 Å². The van der Waals surface area contributed by atoms with Crippen molar-refractivity contribution in [1.29, 1.82) is 0 Å². The molecule has 1 heterocycles. The van der Waals surface area contributed by atoms with Crippen molar-refractivity contribution < 1.29 is 14.7 Å². The van der Waals surface area contributed by atoms with Gasteiger partial charge in [-0.3, -0.25) is 0 Å². The van der Waals surface area contributed by atoms with E-state index in [0.717, 1.165) is 31.4 Å². The number of carbonyl (C=O) groups excluding carboxylic acids is 1. The Morgan fingerprint density at radius 3 is 2.65 bits per heavy atom. The van der Waals surface area contributed by atoms with E-state index in [2.05, 4.69) is 6.92 Å². The summed E-state index contributed by atoms with van der Waals surface area (Å²) in [6, 6.07) is -0.644. The molecule has 0 bridgehead atoms. The van der Waals surface area contributed by atoms with Gasteiger partial charge in [-0.25, -0.2) is 9.59 Å². The maximum atomic E-state index is 12.6. The van der Waals surface area contributed by atoms with Crippen LogP contribution in [0.2, 0.25) is 0 Å². The van der Waals surface area contributed by atoms with Crippen LogP contribution >= 0.6 is 11.8 Å². The number of thioether (sulfide) groups is 1. The topological polar surface area (TPSA) is 60.9 Å². The number of hydrogen-bond acceptors (Lipinski definition) is 3. The van der Waals surface area contributed by atoms with Crippen LogP contribution in [0.25, 0.3) is 0 Å². The molecular formula is C14H26N2O3S. The van der Waals surface area contributed by atoms with Gasteiger partial charge in [-0.15, -0.1) is 0 Å². The summed E-state index contributed by atoms with van der Waals surface area (Å²) < 4.78 is 0. The predicted octanol–water partition coefficient (Wildman–Crippen LogP) is 2.51. The van der Waals surface area contributed by atoms with Crippen molar-refractivity contribution in [2.75, 3.05) is 25.6 Å². The molecule has 1 rings (SSSR count). The third-order valence-electron chi connectivity index (χ3n) is 3.96. The van der Waals surface area contributed by atoms with Crippen LogP contribution in [0.15, 0.2) is 0 Å². The third-order valence-corrected chi connectivity index (χ3v) is 4.68. The van der Waals surface area contributed by atoms with E-state index in [1.807, 2.05) is 6.26 Å². The molecule has 0 aromatic carbocycles. The number of hydrogen-bond donors (Lipinski definition) is 1. The number of carboxylic acid groups (broad SMARTS) is 1. The van der Waals surface area contributed by atoms with Crippen molar-refractivity contribution in [3.63, 3.8) is 0 Å². The molecule has 1 aliphatic rings. The van der Waals surface area contributed by atoms with E-state index in [4.69, 9.17) is 0 Å². The van der Waals surface area contributed by atoms with E-state index in [0.29, 0.717) is 13.0 Å². The molecule has 1 N–H and O–H groups in total. The normalized spacial score (nSPS) is 21.1. The van der Waals surface area contributed by atoms with Gasteiger partial charge in [0.1, 0.15) is 6.04 Å². The van der Waals surface area contributed by atoms with Crippen LogP contribution in [-0.2, 0) is 4.79 Å². The average molecular weight is 302 g/mol. The molecule has 20 heavy (non-hydrogen) atoms. The fourth-order valence-electron chi connectivity index (χ4n) is 2.65. The van der Waals surface area contributed by atoms with Gasteiger partial charge in [0.15, 0.2) is 0 Å². The molecule has 1 aliphatic heterocycles. The Hall–Kier alpha value is -0.910. The van der Waals surface area contributed by atoms with Crippen LogP contribution in [0.3, 0.4) is 0 Å². The lowest BCUT2D eigenvalue weighted by molar-refractivity contribution is -0.142. The highest BCUT2D eigenvalue weighted by Gasteiger charge is 2.33. The van der Waals surface area contributed by atoms with Gasteiger partial charge in [0.05, 0.1) is 0 Å². The number of carboxylic acids is 1. The zero-order chi connectivity index (χ0) is 15.1. The van der Waals surface area contributed by atoms with Crippen LogP contribution in [0, 0.1) is 0 Å². The van der Waals surface area contributed by atoms with E-state index in [1.54, 1.807) is 28.6 Å². The Kier molecular flexibility index (Phi) is 7.19. The number of aliphatic carboxylic acids is 1. The van der Waals surface area contributed by atoms with Gasteiger partial charge >= 0.3 is 12.0 Å². The van der Waals surface area contributed by atoms with Crippen molar-refractivity contribution in [3.05, 3.63) is 0 Å². The van der Waals surface area contributed by atoms with Gasteiger partial charge < -0.3 is 14.9 Å². The zero-order valence-corrected chi connectivity index (χ0v) is 13.5. The highest BCUT2D eigenvalue weighted by molar-refractivity contribution is 7.98. The maximum Gasteiger partial charge on any atom is 0.326 e. The Morgan fingerprint density at radius 2 is 2.10 bits per heavy atom. The first-order valence-electron chi connectivity index (χ1n) is 7.28. The second kappa shape index (κ2) is 8.39. The van der Waals surface area contributed by atoms with Crippen LogP contribution in [-0.4, -0.2) is 64.6 Å². The maximum absolute atomic E-state index is 12.6. The molecule has 0 spiro atoms. The first kappa shape index (κ1) is 17.1. The lowest BCUT2D eigenvalue weighted by Gasteiger charge is -2.35. The molecule has 0 radical (unpaired) electrons. The molecule has 116 valence electrons. The molecule has 1 fully saturated rings. The summed E-state index contributed by atoms with van der Waals surface area (Å²) in [7, 11) is 1.79. The number of nitrogens with zero attached hydrogens (tertiary/aromatic N) is 2. The van der Waals surface area contributed by atoms with Crippen molar-refractivity contribution in [2.45, 2.75) is 51.1 Å². The minimum atomic E-state index is -0.883. The molecule has 0 aromatic heterocycles. The summed E-state index contributed by atoms with van der Waals surface area (Å²) in [6.45, 7) is 2.61. The number of urea groups is 1. The molecule has 2 unspecified atom stereocenters. The molecule has 6 heteroatoms. The Morgan fingerprint density at radius 1 is 1.40 bits per heavy atom. The Balaban J connectivity index is 2.82. The fourth-order valence-corrected chi connectivity index (χ4v) is 3.49. The van der Waals surface area contributed by atoms with E-state index in [-0.39, 0.29) is 12.1 Å². The fraction of sp³-hybridized carbons (Fsp3) is 0.857. The van der Waals surface area contributed by atoms with Crippen LogP contribution < -0.4 is 0 Å². The molecular weight excluding hydrogens is 276 g/mol. The van der Waals surface area contributed by atoms with Crippen molar-refractivity contribution >= 4 is 23.8 Å². The average Bonchev–Trinajstić information content (AvgIpc) is 2.68. The summed E-state index contributed by atoms with van der Waals surface area (Å²) in [5.74, 6) is -0.00353. The monoisotopic (exact) mass is 302 g/mol. The molecule has 0 aromatic rings. The van der Waals surface area contributed by atoms with Crippen molar-refractivity contribution in [1.82, 2.24) is 9.80 Å². The molecule has 2 atom stereocenters. The number of carbonyl (C=O) groups is 2. The lowest BCUT2D eigenvalue weighted by atomic mass is 10.1. The van der Waals surface area contributed by atoms with Gasteiger partial charge in [-0.05, 0) is 25.5 Å². The van der Waals surface area contributed by atoms with Gasteiger partial charge in [0.25, 0.3) is 0 Å². The third kappa shape index (κ3) is 4.30. The summed E-state index contributed by atoms with van der Waals surface area (Å²) in [4.78, 5) is 27.3. The zero-order valence-electron chi connectivity index (χ0n) is 12.7. The standard InChI is InChI=1S/C14H26N2O3S/c1-4-11(10-20-3)15(2)14(19)16-9-7-5-6-8-12(16)13(17)18/h11-12H,4-10H2,1-3H3,(H,17,18). The van der Waals surface area contributed by atoms with Crippen LogP contribution in [0.5, 0.6) is 0 Å². The Bertz CT molecular complexity index is 338. The SMILES string of the molecule is CCC(CSC)N(C)C(=O)N1CCCCCC1C(=O)O. The first-order chi connectivity index (χ1) is 9.52. The summed E-state index contributed by atoms with van der Waals surface area (Å²) >= 11 is 1.71.